The van der Waals surface area contributed by atoms with Gasteiger partial charge in [-0.3, -0.25) is 0 Å². The number of carbonyl (C=O) groups is 1. The summed E-state index contributed by atoms with van der Waals surface area (Å²) >= 11 is 0.910. The van der Waals surface area contributed by atoms with Crippen LogP contribution in [0.15, 0.2) is 0 Å². The van der Waals surface area contributed by atoms with Gasteiger partial charge in [0.1, 0.15) is 11.4 Å². The second-order valence-electron chi connectivity index (χ2n) is 4.24. The zero-order chi connectivity index (χ0) is 14.8. The van der Waals surface area contributed by atoms with Crippen LogP contribution in [0.1, 0.15) is 29.2 Å². The molecule has 0 radical (unpaired) electrons. The van der Waals surface area contributed by atoms with Crippen molar-refractivity contribution in [2.24, 2.45) is 0 Å². The lowest BCUT2D eigenvalue weighted by Gasteiger charge is -2.26. The molecule has 108 valence electrons. The maximum Gasteiger partial charge on any atom is 0.406 e. The molecule has 0 saturated carbocycles. The molecule has 0 saturated heterocycles. The summed E-state index contributed by atoms with van der Waals surface area (Å²) in [6.45, 7) is 3.75. The molecule has 0 aliphatic heterocycles. The van der Waals surface area contributed by atoms with Gasteiger partial charge in [0, 0.05) is 6.04 Å². The van der Waals surface area contributed by atoms with Crippen LogP contribution < -0.4 is 4.90 Å². The summed E-state index contributed by atoms with van der Waals surface area (Å²) in [4.78, 5) is 16.8. The Morgan fingerprint density at radius 2 is 2.05 bits per heavy atom. The maximum absolute atomic E-state index is 12.5. The van der Waals surface area contributed by atoms with E-state index < -0.39 is 18.7 Å². The normalized spacial score (nSPS) is 11.8. The molecule has 0 amide bonds. The van der Waals surface area contributed by atoms with Crippen LogP contribution in [0.5, 0.6) is 0 Å². The number of aryl methyl sites for hydroxylation is 1. The van der Waals surface area contributed by atoms with Crippen LogP contribution in [0.25, 0.3) is 0 Å². The summed E-state index contributed by atoms with van der Waals surface area (Å²) in [5.74, 6) is -0.586. The maximum atomic E-state index is 12.5. The number of carbonyl (C=O) groups excluding carboxylic acids is 1. The Morgan fingerprint density at radius 1 is 1.47 bits per heavy atom. The molecule has 0 atom stereocenters. The van der Waals surface area contributed by atoms with Crippen molar-refractivity contribution in [2.45, 2.75) is 33.0 Å². The molecule has 19 heavy (non-hydrogen) atoms. The number of aromatic nitrogens is 1. The van der Waals surface area contributed by atoms with Crippen LogP contribution in [0.2, 0.25) is 0 Å². The highest BCUT2D eigenvalue weighted by molar-refractivity contribution is 7.17. The molecule has 0 fully saturated rings. The predicted octanol–water partition coefficient (Wildman–Crippen LogP) is 3.02. The van der Waals surface area contributed by atoms with Crippen molar-refractivity contribution in [3.05, 3.63) is 10.6 Å². The summed E-state index contributed by atoms with van der Waals surface area (Å²) in [5, 5.41) is 0.172. The van der Waals surface area contributed by atoms with Crippen molar-refractivity contribution in [2.75, 3.05) is 18.6 Å². The van der Waals surface area contributed by atoms with E-state index in [4.69, 9.17) is 0 Å². The fourth-order valence-corrected chi connectivity index (χ4v) is 2.57. The molecule has 0 unspecified atom stereocenters. The average molecular weight is 296 g/mol. The largest absolute Gasteiger partial charge is 0.465 e. The Morgan fingerprint density at radius 3 is 2.47 bits per heavy atom. The highest BCUT2D eigenvalue weighted by Crippen LogP contribution is 2.30. The molecule has 0 aromatic carbocycles. The van der Waals surface area contributed by atoms with Crippen molar-refractivity contribution in [1.82, 2.24) is 4.98 Å². The van der Waals surface area contributed by atoms with Crippen LogP contribution in [0.3, 0.4) is 0 Å². The van der Waals surface area contributed by atoms with Crippen LogP contribution >= 0.6 is 11.3 Å². The molecular weight excluding hydrogens is 281 g/mol. The molecule has 0 aliphatic carbocycles. The quantitative estimate of drug-likeness (QED) is 0.801. The highest BCUT2D eigenvalue weighted by atomic mass is 32.1. The van der Waals surface area contributed by atoms with Crippen LogP contribution in [0.4, 0.5) is 18.3 Å². The van der Waals surface area contributed by atoms with E-state index in [-0.39, 0.29) is 16.1 Å². The monoisotopic (exact) mass is 296 g/mol. The van der Waals surface area contributed by atoms with Gasteiger partial charge in [0.25, 0.3) is 0 Å². The smallest absolute Gasteiger partial charge is 0.406 e. The minimum absolute atomic E-state index is 0.172. The summed E-state index contributed by atoms with van der Waals surface area (Å²) in [5.41, 5.74) is 0.375. The standard InChI is InChI=1S/C11H15F3N2O2S/c1-6(2)16(5-11(12,13)14)10-15-7(3)8(19-10)9(17)18-4/h6H,5H2,1-4H3. The van der Waals surface area contributed by atoms with Crippen LogP contribution in [0, 0.1) is 6.92 Å². The van der Waals surface area contributed by atoms with E-state index in [0.717, 1.165) is 16.2 Å². The van der Waals surface area contributed by atoms with Crippen molar-refractivity contribution in [3.63, 3.8) is 0 Å². The number of esters is 1. The minimum Gasteiger partial charge on any atom is -0.465 e. The molecule has 0 bridgehead atoms. The number of halogens is 3. The van der Waals surface area contributed by atoms with Gasteiger partial charge in [0.05, 0.1) is 12.8 Å². The van der Waals surface area contributed by atoms with Gasteiger partial charge in [-0.05, 0) is 20.8 Å². The van der Waals surface area contributed by atoms with Gasteiger partial charge >= 0.3 is 12.1 Å². The van der Waals surface area contributed by atoms with E-state index in [1.165, 1.54) is 7.11 Å². The van der Waals surface area contributed by atoms with E-state index in [1.807, 2.05) is 0 Å². The SMILES string of the molecule is COC(=O)c1sc(N(CC(F)(F)F)C(C)C)nc1C. The van der Waals surface area contributed by atoms with Gasteiger partial charge in [-0.15, -0.1) is 0 Å². The molecule has 1 aromatic rings. The number of hydrogen-bond donors (Lipinski definition) is 0. The fraction of sp³-hybridized carbons (Fsp3) is 0.636. The zero-order valence-electron chi connectivity index (χ0n) is 11.0. The second-order valence-corrected chi connectivity index (χ2v) is 5.22. The Kier molecular flexibility index (Phi) is 4.78. The summed E-state index contributed by atoms with van der Waals surface area (Å²) in [6, 6.07) is -0.377. The number of anilines is 1. The summed E-state index contributed by atoms with van der Waals surface area (Å²) in [6.07, 6.45) is -4.32. The molecule has 0 spiro atoms. The Bertz CT molecular complexity index is 457. The van der Waals surface area contributed by atoms with Gasteiger partial charge in [-0.25, -0.2) is 9.78 Å². The first-order valence-corrected chi connectivity index (χ1v) is 6.36. The van der Waals surface area contributed by atoms with Gasteiger partial charge in [-0.1, -0.05) is 11.3 Å². The van der Waals surface area contributed by atoms with Gasteiger partial charge in [0.2, 0.25) is 0 Å². The lowest BCUT2D eigenvalue weighted by Crippen LogP contribution is -2.39. The van der Waals surface area contributed by atoms with Gasteiger partial charge in [0.15, 0.2) is 5.13 Å². The number of hydrogen-bond acceptors (Lipinski definition) is 5. The first-order valence-electron chi connectivity index (χ1n) is 5.55. The number of ether oxygens (including phenoxy) is 1. The van der Waals surface area contributed by atoms with E-state index >= 15 is 0 Å². The lowest BCUT2D eigenvalue weighted by atomic mass is 10.3. The molecule has 1 rings (SSSR count). The third-order valence-corrected chi connectivity index (χ3v) is 3.55. The first kappa shape index (κ1) is 15.7. The minimum atomic E-state index is -4.32. The Labute approximate surface area is 113 Å². The van der Waals surface area contributed by atoms with Gasteiger partial charge in [-0.2, -0.15) is 13.2 Å². The Hall–Kier alpha value is -1.31. The molecule has 0 aliphatic rings. The van der Waals surface area contributed by atoms with Gasteiger partial charge < -0.3 is 9.64 Å². The third kappa shape index (κ3) is 4.09. The van der Waals surface area contributed by atoms with Crippen LogP contribution in [-0.2, 0) is 4.74 Å². The number of methoxy groups -OCH3 is 1. The highest BCUT2D eigenvalue weighted by Gasteiger charge is 2.33. The summed E-state index contributed by atoms with van der Waals surface area (Å²) < 4.78 is 42.1. The number of alkyl halides is 3. The number of rotatable bonds is 4. The molecule has 1 heterocycles. The van der Waals surface area contributed by atoms with Crippen LogP contribution in [-0.4, -0.2) is 36.8 Å². The van der Waals surface area contributed by atoms with E-state index in [9.17, 15) is 18.0 Å². The van der Waals surface area contributed by atoms with E-state index in [1.54, 1.807) is 20.8 Å². The lowest BCUT2D eigenvalue weighted by molar-refractivity contribution is -0.120. The first-order chi connectivity index (χ1) is 8.65. The summed E-state index contributed by atoms with van der Waals surface area (Å²) in [7, 11) is 1.22. The topological polar surface area (TPSA) is 42.4 Å². The molecule has 8 heteroatoms. The van der Waals surface area contributed by atoms with E-state index in [0.29, 0.717) is 5.69 Å². The zero-order valence-corrected chi connectivity index (χ0v) is 11.9. The second kappa shape index (κ2) is 5.77. The molecular formula is C11H15F3N2O2S. The molecule has 0 N–H and O–H groups in total. The molecule has 4 nitrogen and oxygen atoms in total. The Balaban J connectivity index is 3.08. The van der Waals surface area contributed by atoms with Crippen molar-refractivity contribution >= 4 is 22.4 Å². The van der Waals surface area contributed by atoms with Crippen molar-refractivity contribution in [1.29, 1.82) is 0 Å². The number of nitrogens with zero attached hydrogens (tertiary/aromatic N) is 2. The van der Waals surface area contributed by atoms with Crippen molar-refractivity contribution < 1.29 is 22.7 Å². The predicted molar refractivity (Wildman–Crippen MR) is 66.7 cm³/mol. The molecule has 1 aromatic heterocycles. The average Bonchev–Trinajstić information content (AvgIpc) is 2.65. The number of thiazole rings is 1. The van der Waals surface area contributed by atoms with E-state index in [2.05, 4.69) is 9.72 Å². The fourth-order valence-electron chi connectivity index (χ4n) is 1.45. The third-order valence-electron chi connectivity index (χ3n) is 2.37. The van der Waals surface area contributed by atoms with Crippen molar-refractivity contribution in [3.8, 4) is 0 Å².